The molecule has 0 aromatic carbocycles. The Balaban J connectivity index is 1.35. The average Bonchev–Trinajstić information content (AvgIpc) is 3.16. The molecule has 8 nitrogen and oxygen atoms in total. The molecular weight excluding hydrogens is 378 g/mol. The molecule has 1 spiro atoms. The molecule has 5 heterocycles. The van der Waals surface area contributed by atoms with E-state index in [0.29, 0.717) is 29.8 Å². The topological polar surface area (TPSA) is 95.7 Å². The highest BCUT2D eigenvalue weighted by molar-refractivity contribution is 5.63. The molecule has 1 saturated carbocycles. The van der Waals surface area contributed by atoms with Crippen molar-refractivity contribution in [1.29, 1.82) is 5.26 Å². The van der Waals surface area contributed by atoms with Gasteiger partial charge in [0.25, 0.3) is 0 Å². The van der Waals surface area contributed by atoms with Crippen molar-refractivity contribution in [3.8, 4) is 17.5 Å². The van der Waals surface area contributed by atoms with Gasteiger partial charge in [-0.15, -0.1) is 0 Å². The molecule has 3 aromatic heterocycles. The molecule has 0 radical (unpaired) electrons. The van der Waals surface area contributed by atoms with E-state index in [1.165, 1.54) is 12.8 Å². The summed E-state index contributed by atoms with van der Waals surface area (Å²) in [5, 5.41) is 14.3. The third kappa shape index (κ3) is 2.77. The first kappa shape index (κ1) is 17.8. The fourth-order valence-electron chi connectivity index (χ4n) is 5.09. The van der Waals surface area contributed by atoms with Crippen LogP contribution in [0, 0.1) is 17.2 Å². The van der Waals surface area contributed by atoms with E-state index >= 15 is 0 Å². The number of nitrogens with one attached hydrogen (secondary N) is 1. The molecule has 1 N–H and O–H groups in total. The van der Waals surface area contributed by atoms with Gasteiger partial charge in [-0.25, -0.2) is 4.98 Å². The second-order valence-corrected chi connectivity index (χ2v) is 8.47. The molecule has 0 bridgehead atoms. The highest BCUT2D eigenvalue weighted by Crippen LogP contribution is 2.48. The van der Waals surface area contributed by atoms with Crippen LogP contribution in [-0.2, 0) is 16.9 Å². The Morgan fingerprint density at radius 1 is 1.27 bits per heavy atom. The first-order valence-corrected chi connectivity index (χ1v) is 10.6. The van der Waals surface area contributed by atoms with E-state index in [1.807, 2.05) is 12.4 Å². The van der Waals surface area contributed by atoms with Gasteiger partial charge in [0.2, 0.25) is 0 Å². The lowest BCUT2D eigenvalue weighted by molar-refractivity contribution is -0.0746. The van der Waals surface area contributed by atoms with Gasteiger partial charge >= 0.3 is 0 Å². The highest BCUT2D eigenvalue weighted by Gasteiger charge is 2.50. The van der Waals surface area contributed by atoms with E-state index < -0.39 is 0 Å². The molecular formula is C22H23N7O. The van der Waals surface area contributed by atoms with Crippen molar-refractivity contribution in [3.05, 3.63) is 53.9 Å². The van der Waals surface area contributed by atoms with Crippen molar-refractivity contribution in [3.63, 3.8) is 0 Å². The van der Waals surface area contributed by atoms with Crippen molar-refractivity contribution in [2.24, 2.45) is 5.92 Å². The number of aromatic nitrogens is 5. The number of hydrogen-bond acceptors (Lipinski definition) is 6. The summed E-state index contributed by atoms with van der Waals surface area (Å²) < 4.78 is 8.49. The molecule has 6 rings (SSSR count). The van der Waals surface area contributed by atoms with Gasteiger partial charge in [0, 0.05) is 31.7 Å². The van der Waals surface area contributed by atoms with Gasteiger partial charge in [-0.1, -0.05) is 0 Å². The second-order valence-electron chi connectivity index (χ2n) is 8.47. The molecule has 8 heteroatoms. The van der Waals surface area contributed by atoms with Crippen molar-refractivity contribution in [1.82, 2.24) is 29.6 Å². The number of ether oxygens (including phenoxy) is 1. The summed E-state index contributed by atoms with van der Waals surface area (Å²) in [4.78, 5) is 14.9. The summed E-state index contributed by atoms with van der Waals surface area (Å²) in [6.07, 6.45) is 8.91. The van der Waals surface area contributed by atoms with Crippen LogP contribution < -0.4 is 0 Å². The van der Waals surface area contributed by atoms with Gasteiger partial charge in [-0.3, -0.25) is 14.6 Å². The third-order valence-corrected chi connectivity index (χ3v) is 6.62. The predicted molar refractivity (Wildman–Crippen MR) is 108 cm³/mol. The molecule has 1 aliphatic carbocycles. The number of aromatic amines is 1. The number of H-pyrrole nitrogens is 1. The molecule has 2 aliphatic heterocycles. The Bertz CT molecular complexity index is 1110. The Kier molecular flexibility index (Phi) is 4.01. The minimum Gasteiger partial charge on any atom is -0.365 e. The van der Waals surface area contributed by atoms with E-state index in [4.69, 9.17) is 9.84 Å². The average molecular weight is 401 g/mol. The van der Waals surface area contributed by atoms with Crippen LogP contribution in [0.2, 0.25) is 0 Å². The molecule has 3 aromatic rings. The Labute approximate surface area is 174 Å². The fraction of sp³-hybridized carbons (Fsp3) is 0.455. The molecule has 2 atom stereocenters. The van der Waals surface area contributed by atoms with Gasteiger partial charge in [0.05, 0.1) is 30.5 Å². The molecule has 2 fully saturated rings. The number of rotatable bonds is 4. The van der Waals surface area contributed by atoms with Crippen LogP contribution in [0.15, 0.2) is 36.8 Å². The van der Waals surface area contributed by atoms with Gasteiger partial charge in [-0.05, 0) is 43.4 Å². The zero-order valence-electron chi connectivity index (χ0n) is 16.7. The maximum absolute atomic E-state index is 9.47. The lowest BCUT2D eigenvalue weighted by Gasteiger charge is -2.35. The van der Waals surface area contributed by atoms with E-state index in [9.17, 15) is 5.26 Å². The van der Waals surface area contributed by atoms with Crippen LogP contribution in [0.5, 0.6) is 0 Å². The molecule has 1 saturated heterocycles. The van der Waals surface area contributed by atoms with Crippen molar-refractivity contribution >= 4 is 0 Å². The molecule has 0 amide bonds. The summed E-state index contributed by atoms with van der Waals surface area (Å²) in [7, 11) is 0. The van der Waals surface area contributed by atoms with Gasteiger partial charge < -0.3 is 9.72 Å². The van der Waals surface area contributed by atoms with Crippen LogP contribution in [0.25, 0.3) is 11.4 Å². The van der Waals surface area contributed by atoms with Gasteiger partial charge in [0.15, 0.2) is 0 Å². The molecule has 1 unspecified atom stereocenters. The van der Waals surface area contributed by atoms with Crippen molar-refractivity contribution in [2.75, 3.05) is 19.7 Å². The Morgan fingerprint density at radius 2 is 2.20 bits per heavy atom. The predicted octanol–water partition coefficient (Wildman–Crippen LogP) is 2.62. The molecule has 152 valence electrons. The van der Waals surface area contributed by atoms with Crippen LogP contribution in [0.1, 0.15) is 42.4 Å². The van der Waals surface area contributed by atoms with Gasteiger partial charge in [-0.2, -0.15) is 10.4 Å². The molecule has 30 heavy (non-hydrogen) atoms. The minimum atomic E-state index is -0.370. The first-order chi connectivity index (χ1) is 14.8. The largest absolute Gasteiger partial charge is 0.365 e. The maximum atomic E-state index is 9.47. The zero-order valence-corrected chi connectivity index (χ0v) is 16.7. The smallest absolute Gasteiger partial charge is 0.124 e. The SMILES string of the molecule is N#Cc1cccnc1-c1cc2n(n1)CCO[C@@]21CCN(C(c2ncc[nH]2)C2CC2)C1. The number of pyridine rings is 1. The summed E-state index contributed by atoms with van der Waals surface area (Å²) in [5.41, 5.74) is 2.65. The fourth-order valence-corrected chi connectivity index (χ4v) is 5.09. The van der Waals surface area contributed by atoms with Crippen LogP contribution >= 0.6 is 0 Å². The number of fused-ring (bicyclic) bond motifs is 2. The lowest BCUT2D eigenvalue weighted by Crippen LogP contribution is -2.41. The summed E-state index contributed by atoms with van der Waals surface area (Å²) in [6.45, 7) is 3.16. The third-order valence-electron chi connectivity index (χ3n) is 6.62. The maximum Gasteiger partial charge on any atom is 0.124 e. The summed E-state index contributed by atoms with van der Waals surface area (Å²) in [5.74, 6) is 1.73. The number of likely N-dealkylation sites (tertiary alicyclic amines) is 1. The normalized spacial score (nSPS) is 24.6. The van der Waals surface area contributed by atoms with Crippen molar-refractivity contribution < 1.29 is 4.74 Å². The summed E-state index contributed by atoms with van der Waals surface area (Å²) >= 11 is 0. The van der Waals surface area contributed by atoms with E-state index in [2.05, 4.69) is 36.7 Å². The number of nitriles is 1. The Morgan fingerprint density at radius 3 is 3.00 bits per heavy atom. The second kappa shape index (κ2) is 6.76. The van der Waals surface area contributed by atoms with Gasteiger partial charge in [0.1, 0.15) is 28.9 Å². The van der Waals surface area contributed by atoms with Crippen LogP contribution in [0.3, 0.4) is 0 Å². The van der Waals surface area contributed by atoms with E-state index in [1.54, 1.807) is 18.3 Å². The van der Waals surface area contributed by atoms with Crippen molar-refractivity contribution in [2.45, 2.75) is 37.5 Å². The first-order valence-electron chi connectivity index (χ1n) is 10.6. The van der Waals surface area contributed by atoms with E-state index in [-0.39, 0.29) is 5.60 Å². The van der Waals surface area contributed by atoms with E-state index in [0.717, 1.165) is 43.3 Å². The standard InChI is InChI=1S/C22H23N7O/c23-13-16-2-1-6-24-19(16)17-12-18-22(30-11-10-29(18)27-17)5-9-28(14-22)20(15-3-4-15)21-25-7-8-26-21/h1-2,6-8,12,15,20H,3-5,9-11,14H2,(H,25,26)/t20?,22-/m1/s1. The number of hydrogen-bond donors (Lipinski definition) is 1. The van der Waals surface area contributed by atoms with Crippen LogP contribution in [-0.4, -0.2) is 49.3 Å². The molecule has 3 aliphatic rings. The number of imidazole rings is 1. The summed E-state index contributed by atoms with van der Waals surface area (Å²) in [6, 6.07) is 8.19. The highest BCUT2D eigenvalue weighted by atomic mass is 16.5. The van der Waals surface area contributed by atoms with Crippen LogP contribution in [0.4, 0.5) is 0 Å². The Hall–Kier alpha value is -3.02. The minimum absolute atomic E-state index is 0.321. The quantitative estimate of drug-likeness (QED) is 0.722. The monoisotopic (exact) mass is 401 g/mol. The zero-order chi connectivity index (χ0) is 20.1. The lowest BCUT2D eigenvalue weighted by atomic mass is 9.96. The number of nitrogens with zero attached hydrogens (tertiary/aromatic N) is 6.